The number of alkyl halides is 1. The normalized spacial score (nSPS) is 10.4. The lowest BCUT2D eigenvalue weighted by Gasteiger charge is -2.06. The quantitative estimate of drug-likeness (QED) is 0.269. The molecule has 0 radical (unpaired) electrons. The number of carbonyl (C=O) groups excluding carboxylic acids is 1. The minimum Gasteiger partial charge on any atom is -0.460 e. The molecule has 1 aromatic rings. The van der Waals surface area contributed by atoms with Gasteiger partial charge in [-0.1, -0.05) is 53.6 Å². The average Bonchev–Trinajstić information content (AvgIpc) is 2.46. The largest absolute Gasteiger partial charge is 0.460 e. The second kappa shape index (κ2) is 11.2. The summed E-state index contributed by atoms with van der Waals surface area (Å²) < 4.78 is 11.8. The SMILES string of the molecule is O=C(OCCOCCCCCCI)c1ccccc1. The molecule has 3 nitrogen and oxygen atoms in total. The minimum absolute atomic E-state index is 0.286. The molecule has 0 saturated carbocycles. The van der Waals surface area contributed by atoms with Gasteiger partial charge >= 0.3 is 5.97 Å². The number of carbonyl (C=O) groups is 1. The number of hydrogen-bond acceptors (Lipinski definition) is 3. The zero-order valence-corrected chi connectivity index (χ0v) is 13.3. The fraction of sp³-hybridized carbons (Fsp3) is 0.533. The fourth-order valence-electron chi connectivity index (χ4n) is 1.61. The smallest absolute Gasteiger partial charge is 0.338 e. The van der Waals surface area contributed by atoms with E-state index in [0.29, 0.717) is 18.8 Å². The molecule has 1 aromatic carbocycles. The van der Waals surface area contributed by atoms with E-state index in [0.717, 1.165) is 13.0 Å². The number of benzene rings is 1. The predicted molar refractivity (Wildman–Crippen MR) is 84.9 cm³/mol. The third kappa shape index (κ3) is 8.21. The fourth-order valence-corrected chi connectivity index (χ4v) is 2.14. The first-order valence-corrected chi connectivity index (χ1v) is 8.23. The number of halogens is 1. The number of esters is 1. The highest BCUT2D eigenvalue weighted by atomic mass is 127. The van der Waals surface area contributed by atoms with E-state index in [9.17, 15) is 4.79 Å². The van der Waals surface area contributed by atoms with Crippen LogP contribution >= 0.6 is 22.6 Å². The molecule has 0 amide bonds. The van der Waals surface area contributed by atoms with Crippen LogP contribution in [0.2, 0.25) is 0 Å². The van der Waals surface area contributed by atoms with E-state index in [1.54, 1.807) is 12.1 Å². The van der Waals surface area contributed by atoms with Gasteiger partial charge in [0.2, 0.25) is 0 Å². The highest BCUT2D eigenvalue weighted by Gasteiger charge is 2.04. The Morgan fingerprint density at radius 3 is 2.42 bits per heavy atom. The van der Waals surface area contributed by atoms with Crippen molar-refractivity contribution in [2.75, 3.05) is 24.2 Å². The first kappa shape index (κ1) is 16.4. The van der Waals surface area contributed by atoms with Crippen molar-refractivity contribution in [3.8, 4) is 0 Å². The molecule has 0 atom stereocenters. The minimum atomic E-state index is -0.286. The summed E-state index contributed by atoms with van der Waals surface area (Å²) in [6.07, 6.45) is 4.86. The molecule has 0 saturated heterocycles. The van der Waals surface area contributed by atoms with Gasteiger partial charge in [-0.3, -0.25) is 0 Å². The molecular formula is C15H21IO3. The number of hydrogen-bond donors (Lipinski definition) is 0. The third-order valence-electron chi connectivity index (χ3n) is 2.64. The highest BCUT2D eigenvalue weighted by Crippen LogP contribution is 2.03. The molecular weight excluding hydrogens is 355 g/mol. The van der Waals surface area contributed by atoms with Crippen molar-refractivity contribution < 1.29 is 14.3 Å². The molecule has 106 valence electrons. The van der Waals surface area contributed by atoms with Crippen molar-refractivity contribution in [3.05, 3.63) is 35.9 Å². The van der Waals surface area contributed by atoms with Crippen molar-refractivity contribution >= 4 is 28.6 Å². The van der Waals surface area contributed by atoms with Gasteiger partial charge in [0, 0.05) is 6.61 Å². The van der Waals surface area contributed by atoms with Gasteiger partial charge in [-0.25, -0.2) is 4.79 Å². The van der Waals surface area contributed by atoms with Crippen LogP contribution in [-0.2, 0) is 9.47 Å². The van der Waals surface area contributed by atoms with Gasteiger partial charge in [-0.2, -0.15) is 0 Å². The Hall–Kier alpha value is -0.620. The predicted octanol–water partition coefficient (Wildman–Crippen LogP) is 3.86. The summed E-state index contributed by atoms with van der Waals surface area (Å²) in [6.45, 7) is 1.55. The zero-order valence-electron chi connectivity index (χ0n) is 11.1. The van der Waals surface area contributed by atoms with E-state index in [1.165, 1.54) is 23.7 Å². The molecule has 0 bridgehead atoms. The lowest BCUT2D eigenvalue weighted by molar-refractivity contribution is 0.0312. The molecule has 0 aliphatic heterocycles. The molecule has 0 aliphatic carbocycles. The van der Waals surface area contributed by atoms with Crippen molar-refractivity contribution in [1.29, 1.82) is 0 Å². The van der Waals surface area contributed by atoms with Crippen molar-refractivity contribution in [3.63, 3.8) is 0 Å². The van der Waals surface area contributed by atoms with Gasteiger partial charge in [-0.15, -0.1) is 0 Å². The van der Waals surface area contributed by atoms with Crippen LogP contribution in [0.3, 0.4) is 0 Å². The zero-order chi connectivity index (χ0) is 13.8. The summed E-state index contributed by atoms with van der Waals surface area (Å²) in [7, 11) is 0. The van der Waals surface area contributed by atoms with Crippen LogP contribution in [0.5, 0.6) is 0 Å². The lowest BCUT2D eigenvalue weighted by atomic mass is 10.2. The summed E-state index contributed by atoms with van der Waals surface area (Å²) in [4.78, 5) is 11.6. The molecule has 19 heavy (non-hydrogen) atoms. The van der Waals surface area contributed by atoms with E-state index >= 15 is 0 Å². The van der Waals surface area contributed by atoms with Crippen molar-refractivity contribution in [1.82, 2.24) is 0 Å². The Labute approximate surface area is 128 Å². The van der Waals surface area contributed by atoms with E-state index < -0.39 is 0 Å². The molecule has 4 heteroatoms. The molecule has 0 spiro atoms. The molecule has 0 fully saturated rings. The van der Waals surface area contributed by atoms with Gasteiger partial charge in [0.25, 0.3) is 0 Å². The highest BCUT2D eigenvalue weighted by molar-refractivity contribution is 14.1. The second-order valence-corrected chi connectivity index (χ2v) is 5.30. The van der Waals surface area contributed by atoms with Crippen molar-refractivity contribution in [2.45, 2.75) is 25.7 Å². The first-order valence-electron chi connectivity index (χ1n) is 6.70. The Morgan fingerprint density at radius 1 is 0.947 bits per heavy atom. The Balaban J connectivity index is 1.95. The molecule has 0 N–H and O–H groups in total. The summed E-state index contributed by atoms with van der Waals surface area (Å²) in [5.41, 5.74) is 0.585. The summed E-state index contributed by atoms with van der Waals surface area (Å²) in [5, 5.41) is 0. The van der Waals surface area contributed by atoms with Crippen LogP contribution < -0.4 is 0 Å². The van der Waals surface area contributed by atoms with Crippen LogP contribution in [0.4, 0.5) is 0 Å². The molecule has 1 rings (SSSR count). The van der Waals surface area contributed by atoms with Crippen LogP contribution in [0.15, 0.2) is 30.3 Å². The summed E-state index contributed by atoms with van der Waals surface area (Å²) in [6, 6.07) is 9.01. The Morgan fingerprint density at radius 2 is 1.68 bits per heavy atom. The van der Waals surface area contributed by atoms with E-state index in [4.69, 9.17) is 9.47 Å². The van der Waals surface area contributed by atoms with E-state index in [1.807, 2.05) is 18.2 Å². The number of unbranched alkanes of at least 4 members (excludes halogenated alkanes) is 3. The maximum absolute atomic E-state index is 11.6. The van der Waals surface area contributed by atoms with Gasteiger partial charge in [-0.05, 0) is 29.4 Å². The van der Waals surface area contributed by atoms with Gasteiger partial charge in [0.05, 0.1) is 12.2 Å². The first-order chi connectivity index (χ1) is 9.34. The van der Waals surface area contributed by atoms with E-state index in [2.05, 4.69) is 22.6 Å². The maximum Gasteiger partial charge on any atom is 0.338 e. The van der Waals surface area contributed by atoms with E-state index in [-0.39, 0.29) is 5.97 Å². The monoisotopic (exact) mass is 376 g/mol. The Kier molecular flexibility index (Phi) is 9.71. The summed E-state index contributed by atoms with van der Waals surface area (Å²) >= 11 is 2.40. The van der Waals surface area contributed by atoms with Gasteiger partial charge < -0.3 is 9.47 Å². The van der Waals surface area contributed by atoms with Crippen molar-refractivity contribution in [2.24, 2.45) is 0 Å². The topological polar surface area (TPSA) is 35.5 Å². The summed E-state index contributed by atoms with van der Waals surface area (Å²) in [5.74, 6) is -0.286. The molecule has 0 heterocycles. The van der Waals surface area contributed by atoms with Gasteiger partial charge in [0.15, 0.2) is 0 Å². The maximum atomic E-state index is 11.6. The van der Waals surface area contributed by atoms with Crippen LogP contribution in [0.1, 0.15) is 36.0 Å². The second-order valence-electron chi connectivity index (χ2n) is 4.22. The lowest BCUT2D eigenvalue weighted by Crippen LogP contribution is -2.11. The van der Waals surface area contributed by atoms with Crippen LogP contribution in [0.25, 0.3) is 0 Å². The number of rotatable bonds is 10. The van der Waals surface area contributed by atoms with Crippen LogP contribution in [0, 0.1) is 0 Å². The molecule has 0 aliphatic rings. The number of ether oxygens (including phenoxy) is 2. The molecule has 0 unspecified atom stereocenters. The standard InChI is InChI=1S/C15H21IO3/c16-10-6-1-2-7-11-18-12-13-19-15(17)14-8-4-3-5-9-14/h3-5,8-9H,1-2,6-7,10-13H2. The third-order valence-corrected chi connectivity index (χ3v) is 3.41. The Bertz CT molecular complexity index is 341. The van der Waals surface area contributed by atoms with Crippen LogP contribution in [-0.4, -0.2) is 30.2 Å². The average molecular weight is 376 g/mol. The molecule has 0 aromatic heterocycles. The van der Waals surface area contributed by atoms with Gasteiger partial charge in [0.1, 0.15) is 6.61 Å².